The van der Waals surface area contributed by atoms with Gasteiger partial charge in [0.2, 0.25) is 0 Å². The van der Waals surface area contributed by atoms with E-state index in [0.29, 0.717) is 0 Å². The van der Waals surface area contributed by atoms with Crippen LogP contribution in [0.1, 0.15) is 13.3 Å². The summed E-state index contributed by atoms with van der Waals surface area (Å²) in [6.07, 6.45) is 0.0478. The molecule has 0 atom stereocenters. The normalized spacial score (nSPS) is 13.4. The number of aliphatic hydroxyl groups excluding tert-OH is 2. The van der Waals surface area contributed by atoms with E-state index in [0.717, 1.165) is 0 Å². The SMILES string of the molecule is CCC(O)=C(CO)C(=O)OP(=O)(O)O. The Kier molecular flexibility index (Phi) is 4.79. The number of phosphoric acid groups is 1. The first kappa shape index (κ1) is 13.1. The van der Waals surface area contributed by atoms with Crippen molar-refractivity contribution in [3.63, 3.8) is 0 Å². The van der Waals surface area contributed by atoms with Crippen LogP contribution in [0.5, 0.6) is 0 Å². The van der Waals surface area contributed by atoms with Gasteiger partial charge in [0.25, 0.3) is 0 Å². The van der Waals surface area contributed by atoms with Crippen molar-refractivity contribution in [2.45, 2.75) is 13.3 Å². The van der Waals surface area contributed by atoms with Crippen LogP contribution in [0.4, 0.5) is 0 Å². The molecule has 0 radical (unpaired) electrons. The van der Waals surface area contributed by atoms with E-state index in [1.807, 2.05) is 0 Å². The molecule has 0 aromatic heterocycles. The van der Waals surface area contributed by atoms with Crippen molar-refractivity contribution in [1.82, 2.24) is 0 Å². The number of phosphoric ester groups is 1. The number of rotatable bonds is 4. The van der Waals surface area contributed by atoms with E-state index in [1.165, 1.54) is 6.92 Å². The Morgan fingerprint density at radius 3 is 2.21 bits per heavy atom. The van der Waals surface area contributed by atoms with Crippen molar-refractivity contribution in [2.24, 2.45) is 0 Å². The summed E-state index contributed by atoms with van der Waals surface area (Å²) in [6.45, 7) is 0.647. The fraction of sp³-hybridized carbons (Fsp3) is 0.500. The molecule has 0 heterocycles. The molecule has 7 nitrogen and oxygen atoms in total. The van der Waals surface area contributed by atoms with E-state index in [4.69, 9.17) is 20.0 Å². The molecule has 0 aliphatic rings. The second-order valence-electron chi connectivity index (χ2n) is 2.31. The first-order chi connectivity index (χ1) is 6.31. The number of hydrogen-bond donors (Lipinski definition) is 4. The van der Waals surface area contributed by atoms with E-state index in [9.17, 15) is 9.36 Å². The Balaban J connectivity index is 4.74. The highest BCUT2D eigenvalue weighted by atomic mass is 31.2. The lowest BCUT2D eigenvalue weighted by Gasteiger charge is -2.07. The molecule has 14 heavy (non-hydrogen) atoms. The van der Waals surface area contributed by atoms with E-state index in [-0.39, 0.29) is 6.42 Å². The second kappa shape index (κ2) is 5.11. The maximum atomic E-state index is 10.9. The monoisotopic (exact) mass is 226 g/mol. The Morgan fingerprint density at radius 2 is 1.93 bits per heavy atom. The summed E-state index contributed by atoms with van der Waals surface area (Å²) in [5.74, 6) is -1.90. The fourth-order valence-electron chi connectivity index (χ4n) is 0.650. The first-order valence-corrected chi connectivity index (χ1v) is 5.16. The minimum Gasteiger partial charge on any atom is -0.512 e. The Bertz CT molecular complexity index is 289. The molecule has 0 saturated carbocycles. The van der Waals surface area contributed by atoms with Crippen LogP contribution in [0.2, 0.25) is 0 Å². The maximum Gasteiger partial charge on any atom is 0.527 e. The van der Waals surface area contributed by atoms with Gasteiger partial charge >= 0.3 is 13.8 Å². The molecule has 0 fully saturated rings. The fourth-order valence-corrected chi connectivity index (χ4v) is 0.976. The summed E-state index contributed by atoms with van der Waals surface area (Å²) in [6, 6.07) is 0. The Hall–Kier alpha value is -0.880. The van der Waals surface area contributed by atoms with Gasteiger partial charge in [-0.15, -0.1) is 0 Å². The highest BCUT2D eigenvalue weighted by molar-refractivity contribution is 7.46. The number of hydrogen-bond acceptors (Lipinski definition) is 5. The van der Waals surface area contributed by atoms with E-state index >= 15 is 0 Å². The highest BCUT2D eigenvalue weighted by Crippen LogP contribution is 2.36. The third-order valence-corrected chi connectivity index (χ3v) is 1.69. The molecule has 0 bridgehead atoms. The maximum absolute atomic E-state index is 10.9. The molecule has 0 saturated heterocycles. The minimum atomic E-state index is -4.95. The Labute approximate surface area is 79.9 Å². The van der Waals surface area contributed by atoms with Gasteiger partial charge in [-0.05, 0) is 0 Å². The Morgan fingerprint density at radius 1 is 1.43 bits per heavy atom. The smallest absolute Gasteiger partial charge is 0.512 e. The van der Waals surface area contributed by atoms with Crippen LogP contribution in [0.25, 0.3) is 0 Å². The predicted octanol–water partition coefficient (Wildman–Crippen LogP) is -0.163. The lowest BCUT2D eigenvalue weighted by molar-refractivity contribution is -0.132. The predicted molar refractivity (Wildman–Crippen MR) is 45.2 cm³/mol. The third-order valence-electron chi connectivity index (χ3n) is 1.29. The van der Waals surface area contributed by atoms with Gasteiger partial charge in [-0.3, -0.25) is 9.79 Å². The number of carbonyl (C=O) groups excluding carboxylic acids is 1. The number of carbonyl (C=O) groups is 1. The molecule has 8 heteroatoms. The van der Waals surface area contributed by atoms with Crippen molar-refractivity contribution in [2.75, 3.05) is 6.61 Å². The van der Waals surface area contributed by atoms with E-state index in [1.54, 1.807) is 0 Å². The van der Waals surface area contributed by atoms with Gasteiger partial charge in [0, 0.05) is 6.42 Å². The summed E-state index contributed by atoms with van der Waals surface area (Å²) < 4.78 is 13.9. The molecule has 4 N–H and O–H groups in total. The third kappa shape index (κ3) is 4.38. The zero-order valence-corrected chi connectivity index (χ0v) is 8.27. The van der Waals surface area contributed by atoms with Gasteiger partial charge in [-0.1, -0.05) is 6.92 Å². The summed E-state index contributed by atoms with van der Waals surface area (Å²) in [5, 5.41) is 17.7. The van der Waals surface area contributed by atoms with Gasteiger partial charge < -0.3 is 14.7 Å². The van der Waals surface area contributed by atoms with Gasteiger partial charge in [0.1, 0.15) is 11.3 Å². The molecular formula is C6H11O7P. The average Bonchev–Trinajstić information content (AvgIpc) is 2.01. The molecule has 0 aromatic rings. The lowest BCUT2D eigenvalue weighted by Crippen LogP contribution is -2.12. The molecule has 0 rings (SSSR count). The largest absolute Gasteiger partial charge is 0.527 e. The lowest BCUT2D eigenvalue weighted by atomic mass is 10.2. The zero-order chi connectivity index (χ0) is 11.4. The average molecular weight is 226 g/mol. The van der Waals surface area contributed by atoms with Crippen molar-refractivity contribution >= 4 is 13.8 Å². The topological polar surface area (TPSA) is 124 Å². The summed E-state index contributed by atoms with van der Waals surface area (Å²) >= 11 is 0. The molecule has 0 aromatic carbocycles. The van der Waals surface area contributed by atoms with Gasteiger partial charge in [0.15, 0.2) is 0 Å². The van der Waals surface area contributed by atoms with Gasteiger partial charge in [0.05, 0.1) is 6.61 Å². The first-order valence-electron chi connectivity index (χ1n) is 3.63. The summed E-state index contributed by atoms with van der Waals surface area (Å²) in [7, 11) is -4.95. The highest BCUT2D eigenvalue weighted by Gasteiger charge is 2.24. The number of aliphatic hydroxyl groups is 2. The molecule has 82 valence electrons. The minimum absolute atomic E-state index is 0.0478. The van der Waals surface area contributed by atoms with Crippen molar-refractivity contribution in [1.29, 1.82) is 0 Å². The molecule has 0 aliphatic carbocycles. The van der Waals surface area contributed by atoms with Crippen molar-refractivity contribution in [3.05, 3.63) is 11.3 Å². The molecule has 0 aliphatic heterocycles. The van der Waals surface area contributed by atoms with E-state index in [2.05, 4.69) is 4.52 Å². The second-order valence-corrected chi connectivity index (χ2v) is 3.47. The van der Waals surface area contributed by atoms with Crippen LogP contribution in [-0.4, -0.2) is 32.6 Å². The summed E-state index contributed by atoms with van der Waals surface area (Å²) in [5.41, 5.74) is -0.559. The summed E-state index contributed by atoms with van der Waals surface area (Å²) in [4.78, 5) is 27.4. The quantitative estimate of drug-likeness (QED) is 0.298. The molecule has 0 spiro atoms. The zero-order valence-electron chi connectivity index (χ0n) is 7.38. The van der Waals surface area contributed by atoms with Crippen LogP contribution < -0.4 is 0 Å². The molecule has 0 unspecified atom stereocenters. The molecule has 0 amide bonds. The van der Waals surface area contributed by atoms with Crippen LogP contribution in [0.15, 0.2) is 11.3 Å². The van der Waals surface area contributed by atoms with Crippen LogP contribution in [-0.2, 0) is 13.9 Å². The van der Waals surface area contributed by atoms with Gasteiger partial charge in [-0.25, -0.2) is 9.36 Å². The van der Waals surface area contributed by atoms with Crippen LogP contribution >= 0.6 is 7.82 Å². The van der Waals surface area contributed by atoms with Crippen molar-refractivity contribution < 1.29 is 33.9 Å². The van der Waals surface area contributed by atoms with Gasteiger partial charge in [-0.2, -0.15) is 0 Å². The standard InChI is InChI=1S/C6H11O7P/c1-2-5(8)4(3-7)6(9)13-14(10,11)12/h7-8H,2-3H2,1H3,(H2,10,11,12). The van der Waals surface area contributed by atoms with Crippen LogP contribution in [0, 0.1) is 0 Å². The molecular weight excluding hydrogens is 215 g/mol. The van der Waals surface area contributed by atoms with Crippen LogP contribution in [0.3, 0.4) is 0 Å². The van der Waals surface area contributed by atoms with Crippen molar-refractivity contribution in [3.8, 4) is 0 Å². The number of allylic oxidation sites excluding steroid dienone is 1. The van der Waals surface area contributed by atoms with E-state index < -0.39 is 31.7 Å².